The van der Waals surface area contributed by atoms with Gasteiger partial charge in [-0.3, -0.25) is 4.79 Å². The van der Waals surface area contributed by atoms with Gasteiger partial charge in [0.15, 0.2) is 0 Å². The Morgan fingerprint density at radius 2 is 2.20 bits per heavy atom. The van der Waals surface area contributed by atoms with Crippen LogP contribution >= 0.6 is 39.5 Å². The Labute approximate surface area is 134 Å². The van der Waals surface area contributed by atoms with Crippen molar-refractivity contribution in [3.63, 3.8) is 0 Å². The first kappa shape index (κ1) is 15.0. The second-order valence-electron chi connectivity index (χ2n) is 3.83. The third kappa shape index (κ3) is 3.17. The van der Waals surface area contributed by atoms with Crippen molar-refractivity contribution < 1.29 is 9.53 Å². The number of methoxy groups -OCH3 is 1. The average molecular weight is 371 g/mol. The van der Waals surface area contributed by atoms with E-state index in [1.807, 2.05) is 11.4 Å². The van der Waals surface area contributed by atoms with E-state index in [1.54, 1.807) is 18.2 Å². The van der Waals surface area contributed by atoms with E-state index in [1.165, 1.54) is 18.4 Å². The van der Waals surface area contributed by atoms with Crippen LogP contribution in [-0.2, 0) is 0 Å². The van der Waals surface area contributed by atoms with E-state index in [-0.39, 0.29) is 10.9 Å². The lowest BCUT2D eigenvalue weighted by Crippen LogP contribution is -2.13. The van der Waals surface area contributed by atoms with Gasteiger partial charge >= 0.3 is 0 Å². The van der Waals surface area contributed by atoms with Gasteiger partial charge in [0.1, 0.15) is 15.6 Å². The Morgan fingerprint density at radius 3 is 2.75 bits per heavy atom. The molecule has 0 spiro atoms. The molecular formula is C13H11BrN2O2S2. The monoisotopic (exact) mass is 370 g/mol. The van der Waals surface area contributed by atoms with E-state index < -0.39 is 0 Å². The highest BCUT2D eigenvalue weighted by Crippen LogP contribution is 2.28. The molecule has 2 aromatic rings. The third-order valence-electron chi connectivity index (χ3n) is 2.56. The second-order valence-corrected chi connectivity index (χ2v) is 6.04. The van der Waals surface area contributed by atoms with Gasteiger partial charge in [-0.1, -0.05) is 12.2 Å². The highest BCUT2D eigenvalue weighted by molar-refractivity contribution is 9.10. The maximum Gasteiger partial charge on any atom is 0.266 e. The van der Waals surface area contributed by atoms with Crippen molar-refractivity contribution in [2.75, 3.05) is 12.4 Å². The van der Waals surface area contributed by atoms with Crippen LogP contribution in [-0.4, -0.2) is 18.0 Å². The molecule has 0 saturated carbocycles. The zero-order valence-electron chi connectivity index (χ0n) is 10.5. The number of benzene rings is 1. The standard InChI is InChI=1S/C13H11BrN2O2S2/c1-18-10-6-7(12(15)19)2-3-9(10)16-13(17)11-8(14)4-5-20-11/h2-6H,1H3,(H2,15,19)(H,16,17). The molecule has 1 amide bonds. The highest BCUT2D eigenvalue weighted by atomic mass is 79.9. The van der Waals surface area contributed by atoms with Gasteiger partial charge in [-0.05, 0) is 45.6 Å². The number of carbonyl (C=O) groups is 1. The van der Waals surface area contributed by atoms with Gasteiger partial charge < -0.3 is 15.8 Å². The minimum absolute atomic E-state index is 0.201. The number of amides is 1. The fourth-order valence-electron chi connectivity index (χ4n) is 1.58. The smallest absolute Gasteiger partial charge is 0.266 e. The molecule has 2 rings (SSSR count). The van der Waals surface area contributed by atoms with Gasteiger partial charge in [0.25, 0.3) is 5.91 Å². The maximum atomic E-state index is 12.1. The first-order valence-electron chi connectivity index (χ1n) is 5.55. The summed E-state index contributed by atoms with van der Waals surface area (Å²) in [7, 11) is 1.52. The summed E-state index contributed by atoms with van der Waals surface area (Å²) in [4.78, 5) is 13.0. The summed E-state index contributed by atoms with van der Waals surface area (Å²) in [6.45, 7) is 0. The summed E-state index contributed by atoms with van der Waals surface area (Å²) >= 11 is 9.60. The van der Waals surface area contributed by atoms with Gasteiger partial charge in [-0.15, -0.1) is 11.3 Å². The van der Waals surface area contributed by atoms with Crippen LogP contribution in [0.4, 0.5) is 5.69 Å². The molecule has 0 fully saturated rings. The van der Waals surface area contributed by atoms with Crippen LogP contribution in [0.15, 0.2) is 34.1 Å². The normalized spacial score (nSPS) is 10.1. The number of thiocarbonyl (C=S) groups is 1. The summed E-state index contributed by atoms with van der Waals surface area (Å²) in [5, 5.41) is 4.64. The maximum absolute atomic E-state index is 12.1. The van der Waals surface area contributed by atoms with E-state index in [2.05, 4.69) is 21.2 Å². The molecule has 1 aromatic heterocycles. The van der Waals surface area contributed by atoms with Crippen molar-refractivity contribution in [1.29, 1.82) is 0 Å². The molecule has 1 aromatic carbocycles. The minimum Gasteiger partial charge on any atom is -0.495 e. The lowest BCUT2D eigenvalue weighted by atomic mass is 10.2. The van der Waals surface area contributed by atoms with Gasteiger partial charge in [-0.25, -0.2) is 0 Å². The van der Waals surface area contributed by atoms with Crippen molar-refractivity contribution in [2.24, 2.45) is 5.73 Å². The Hall–Kier alpha value is -1.44. The van der Waals surface area contributed by atoms with E-state index in [0.29, 0.717) is 21.9 Å². The van der Waals surface area contributed by atoms with Gasteiger partial charge in [0.2, 0.25) is 0 Å². The molecule has 0 bridgehead atoms. The topological polar surface area (TPSA) is 64.3 Å². The first-order valence-corrected chi connectivity index (χ1v) is 7.63. The van der Waals surface area contributed by atoms with Crippen molar-refractivity contribution >= 4 is 56.1 Å². The van der Waals surface area contributed by atoms with Crippen LogP contribution in [0.5, 0.6) is 5.75 Å². The number of hydrogen-bond donors (Lipinski definition) is 2. The van der Waals surface area contributed by atoms with Crippen LogP contribution in [0.1, 0.15) is 15.2 Å². The lowest BCUT2D eigenvalue weighted by molar-refractivity contribution is 0.102. The summed E-state index contributed by atoms with van der Waals surface area (Å²) in [5.41, 5.74) is 6.82. The van der Waals surface area contributed by atoms with Crippen LogP contribution in [0.2, 0.25) is 0 Å². The molecule has 0 aliphatic heterocycles. The number of halogens is 1. The SMILES string of the molecule is COc1cc(C(N)=S)ccc1NC(=O)c1sccc1Br. The number of ether oxygens (including phenoxy) is 1. The predicted molar refractivity (Wildman–Crippen MR) is 88.9 cm³/mol. The number of anilines is 1. The molecule has 0 unspecified atom stereocenters. The number of hydrogen-bond acceptors (Lipinski definition) is 4. The summed E-state index contributed by atoms with van der Waals surface area (Å²) in [5.74, 6) is 0.310. The zero-order valence-corrected chi connectivity index (χ0v) is 13.7. The molecule has 3 N–H and O–H groups in total. The number of carbonyl (C=O) groups excluding carboxylic acids is 1. The van der Waals surface area contributed by atoms with Crippen LogP contribution in [0.3, 0.4) is 0 Å². The number of rotatable bonds is 4. The first-order chi connectivity index (χ1) is 9.52. The van der Waals surface area contributed by atoms with E-state index >= 15 is 0 Å². The molecule has 0 saturated heterocycles. The van der Waals surface area contributed by atoms with Crippen molar-refractivity contribution in [3.05, 3.63) is 44.6 Å². The fourth-order valence-corrected chi connectivity index (χ4v) is 3.16. The quantitative estimate of drug-likeness (QED) is 0.809. The van der Waals surface area contributed by atoms with Crippen LogP contribution in [0, 0.1) is 0 Å². The number of thiophene rings is 1. The summed E-state index contributed by atoms with van der Waals surface area (Å²) in [6, 6.07) is 6.98. The molecule has 0 aliphatic rings. The van der Waals surface area contributed by atoms with Crippen molar-refractivity contribution in [2.45, 2.75) is 0 Å². The van der Waals surface area contributed by atoms with Crippen molar-refractivity contribution in [3.8, 4) is 5.75 Å². The molecule has 104 valence electrons. The Balaban J connectivity index is 2.27. The highest BCUT2D eigenvalue weighted by Gasteiger charge is 2.14. The molecule has 0 aliphatic carbocycles. The fraction of sp³-hybridized carbons (Fsp3) is 0.0769. The lowest BCUT2D eigenvalue weighted by Gasteiger charge is -2.11. The van der Waals surface area contributed by atoms with E-state index in [0.717, 1.165) is 4.47 Å². The van der Waals surface area contributed by atoms with Gasteiger partial charge in [-0.2, -0.15) is 0 Å². The molecule has 0 radical (unpaired) electrons. The van der Waals surface area contributed by atoms with Crippen molar-refractivity contribution in [1.82, 2.24) is 0 Å². The predicted octanol–water partition coefficient (Wildman–Crippen LogP) is 3.41. The molecule has 7 heteroatoms. The van der Waals surface area contributed by atoms with Gasteiger partial charge in [0.05, 0.1) is 12.8 Å². The van der Waals surface area contributed by atoms with Gasteiger partial charge in [0, 0.05) is 10.0 Å². The molecule has 1 heterocycles. The number of nitrogens with two attached hydrogens (primary N) is 1. The van der Waals surface area contributed by atoms with Crippen LogP contribution in [0.25, 0.3) is 0 Å². The average Bonchev–Trinajstić information content (AvgIpc) is 2.85. The minimum atomic E-state index is -0.201. The van der Waals surface area contributed by atoms with E-state index in [9.17, 15) is 4.79 Å². The summed E-state index contributed by atoms with van der Waals surface area (Å²) < 4.78 is 6.01. The summed E-state index contributed by atoms with van der Waals surface area (Å²) in [6.07, 6.45) is 0. The molecule has 4 nitrogen and oxygen atoms in total. The largest absolute Gasteiger partial charge is 0.495 e. The molecule has 0 atom stereocenters. The number of nitrogens with one attached hydrogen (secondary N) is 1. The zero-order chi connectivity index (χ0) is 14.7. The van der Waals surface area contributed by atoms with Crippen LogP contribution < -0.4 is 15.8 Å². The Kier molecular flexibility index (Phi) is 4.74. The third-order valence-corrected chi connectivity index (χ3v) is 4.63. The van der Waals surface area contributed by atoms with E-state index in [4.69, 9.17) is 22.7 Å². The second kappa shape index (κ2) is 6.34. The Bertz CT molecular complexity index is 670. The molecular weight excluding hydrogens is 360 g/mol. The Morgan fingerprint density at radius 1 is 1.45 bits per heavy atom. The molecule has 20 heavy (non-hydrogen) atoms.